The molecular formula is C25H30N4O3S2. The average molecular weight is 499 g/mol. The van der Waals surface area contributed by atoms with Gasteiger partial charge in [0.2, 0.25) is 5.88 Å². The van der Waals surface area contributed by atoms with Gasteiger partial charge in [0.05, 0.1) is 16.3 Å². The van der Waals surface area contributed by atoms with E-state index in [-0.39, 0.29) is 22.8 Å². The van der Waals surface area contributed by atoms with Crippen LogP contribution in [0.4, 0.5) is 0 Å². The van der Waals surface area contributed by atoms with Crippen LogP contribution >= 0.6 is 11.8 Å². The molecule has 4 rings (SSSR count). The number of aromatic nitrogens is 3. The first kappa shape index (κ1) is 24.6. The van der Waals surface area contributed by atoms with Gasteiger partial charge in [0, 0.05) is 29.4 Å². The second-order valence-electron chi connectivity index (χ2n) is 8.77. The highest BCUT2D eigenvalue weighted by molar-refractivity contribution is 7.98. The minimum Gasteiger partial charge on any atom is -0.473 e. The summed E-state index contributed by atoms with van der Waals surface area (Å²) < 4.78 is 31.7. The number of rotatable bonds is 8. The minimum absolute atomic E-state index is 0.00837. The van der Waals surface area contributed by atoms with Gasteiger partial charge in [-0.15, -0.1) is 11.8 Å². The number of hydrogen-bond donors (Lipinski definition) is 0. The quantitative estimate of drug-likeness (QED) is 0.427. The van der Waals surface area contributed by atoms with E-state index in [1.807, 2.05) is 0 Å². The van der Waals surface area contributed by atoms with E-state index in [2.05, 4.69) is 64.5 Å². The molecule has 0 saturated heterocycles. The largest absolute Gasteiger partial charge is 0.473 e. The zero-order chi connectivity index (χ0) is 24.1. The normalized spacial score (nSPS) is 20.9. The molecule has 7 nitrogen and oxygen atoms in total. The molecule has 0 aliphatic heterocycles. The second-order valence-corrected chi connectivity index (χ2v) is 11.6. The number of hydrogen-bond acceptors (Lipinski definition) is 8. The lowest BCUT2D eigenvalue weighted by molar-refractivity contribution is 0.0513. The molecule has 3 aromatic rings. The standard InChI is InChI=1S/C25H30N4O3S2/c1-29(2)23-14-19(18-5-4-6-21(13-18)33-3)7-9-24(23)32-25-10-8-22(15-27-25)34(30,31)16-20-11-12-26-17-28-20/h4-6,8,10-13,15,17,19,23-24H,7,9,14,16H2,1-3H3/t19-,23-,24-/m0/s1. The highest BCUT2D eigenvalue weighted by Crippen LogP contribution is 2.37. The second kappa shape index (κ2) is 10.8. The first-order chi connectivity index (χ1) is 16.4. The third-order valence-corrected chi connectivity index (χ3v) is 8.67. The van der Waals surface area contributed by atoms with Gasteiger partial charge in [0.1, 0.15) is 12.4 Å². The van der Waals surface area contributed by atoms with Gasteiger partial charge in [-0.1, -0.05) is 12.1 Å². The Bertz CT molecular complexity index is 1190. The third kappa shape index (κ3) is 5.95. The van der Waals surface area contributed by atoms with E-state index >= 15 is 0 Å². The van der Waals surface area contributed by atoms with Gasteiger partial charge < -0.3 is 9.64 Å². The van der Waals surface area contributed by atoms with Gasteiger partial charge in [-0.25, -0.2) is 23.4 Å². The fraction of sp³-hybridized carbons (Fsp3) is 0.400. The van der Waals surface area contributed by atoms with Crippen molar-refractivity contribution in [3.05, 3.63) is 72.4 Å². The summed E-state index contributed by atoms with van der Waals surface area (Å²) in [5, 5.41) is 0. The zero-order valence-electron chi connectivity index (χ0n) is 19.7. The van der Waals surface area contributed by atoms with Crippen molar-refractivity contribution < 1.29 is 13.2 Å². The topological polar surface area (TPSA) is 85.3 Å². The van der Waals surface area contributed by atoms with Crippen LogP contribution in [0.1, 0.15) is 36.4 Å². The van der Waals surface area contributed by atoms with E-state index in [1.165, 1.54) is 29.2 Å². The molecule has 0 spiro atoms. The maximum Gasteiger partial charge on any atom is 0.213 e. The maximum atomic E-state index is 12.7. The number of sulfone groups is 1. The monoisotopic (exact) mass is 498 g/mol. The average Bonchev–Trinajstić information content (AvgIpc) is 2.85. The molecule has 0 N–H and O–H groups in total. The summed E-state index contributed by atoms with van der Waals surface area (Å²) in [5.41, 5.74) is 1.83. The van der Waals surface area contributed by atoms with Gasteiger partial charge in [-0.2, -0.15) is 0 Å². The van der Waals surface area contributed by atoms with Crippen LogP contribution in [0.3, 0.4) is 0 Å². The summed E-state index contributed by atoms with van der Waals surface area (Å²) in [6.45, 7) is 0. The number of nitrogens with zero attached hydrogens (tertiary/aromatic N) is 4. The molecule has 1 saturated carbocycles. The van der Waals surface area contributed by atoms with Crippen LogP contribution in [0, 0.1) is 0 Å². The maximum absolute atomic E-state index is 12.7. The van der Waals surface area contributed by atoms with Gasteiger partial charge in [-0.05, 0) is 75.4 Å². The van der Waals surface area contributed by atoms with E-state index in [0.717, 1.165) is 19.3 Å². The molecule has 2 heterocycles. The van der Waals surface area contributed by atoms with E-state index in [1.54, 1.807) is 30.0 Å². The van der Waals surface area contributed by atoms with Crippen molar-refractivity contribution >= 4 is 21.6 Å². The molecule has 3 atom stereocenters. The number of benzene rings is 1. The summed E-state index contributed by atoms with van der Waals surface area (Å²) in [6.07, 6.45) is 9.29. The Morgan fingerprint density at radius 2 is 1.97 bits per heavy atom. The lowest BCUT2D eigenvalue weighted by Gasteiger charge is -2.39. The smallest absolute Gasteiger partial charge is 0.213 e. The van der Waals surface area contributed by atoms with Crippen molar-refractivity contribution in [3.63, 3.8) is 0 Å². The predicted octanol–water partition coefficient (Wildman–Crippen LogP) is 4.21. The van der Waals surface area contributed by atoms with Gasteiger partial charge in [0.25, 0.3) is 0 Å². The van der Waals surface area contributed by atoms with E-state index in [9.17, 15) is 8.42 Å². The van der Waals surface area contributed by atoms with Crippen molar-refractivity contribution in [2.45, 2.75) is 52.9 Å². The number of likely N-dealkylation sites (N-methyl/N-ethyl adjacent to an activating group) is 1. The lowest BCUT2D eigenvalue weighted by Crippen LogP contribution is -2.46. The zero-order valence-corrected chi connectivity index (χ0v) is 21.3. The van der Waals surface area contributed by atoms with E-state index in [4.69, 9.17) is 4.74 Å². The number of ether oxygens (including phenoxy) is 1. The molecule has 0 bridgehead atoms. The molecule has 1 fully saturated rings. The van der Waals surface area contributed by atoms with Crippen LogP contribution in [0.5, 0.6) is 5.88 Å². The highest BCUT2D eigenvalue weighted by Gasteiger charge is 2.34. The van der Waals surface area contributed by atoms with Crippen LogP contribution in [0.15, 0.2) is 71.0 Å². The van der Waals surface area contributed by atoms with Crippen molar-refractivity contribution in [2.24, 2.45) is 0 Å². The molecule has 0 radical (unpaired) electrons. The number of thioether (sulfide) groups is 1. The first-order valence-electron chi connectivity index (χ1n) is 11.3. The molecule has 9 heteroatoms. The fourth-order valence-corrected chi connectivity index (χ4v) is 6.14. The van der Waals surface area contributed by atoms with Crippen LogP contribution in [0.25, 0.3) is 0 Å². The summed E-state index contributed by atoms with van der Waals surface area (Å²) >= 11 is 1.77. The Balaban J connectivity index is 1.43. The van der Waals surface area contributed by atoms with E-state index < -0.39 is 9.84 Å². The summed E-state index contributed by atoms with van der Waals surface area (Å²) in [4.78, 5) is 15.8. The van der Waals surface area contributed by atoms with Crippen LogP contribution in [0.2, 0.25) is 0 Å². The highest BCUT2D eigenvalue weighted by atomic mass is 32.2. The SMILES string of the molecule is CSc1cccc([C@H]2CC[C@H](Oc3ccc(S(=O)(=O)Cc4ccncn4)cn3)[C@@H](N(C)C)C2)c1. The molecule has 2 aromatic heterocycles. The molecule has 0 unspecified atom stereocenters. The van der Waals surface area contributed by atoms with Crippen molar-refractivity contribution in [1.82, 2.24) is 19.9 Å². The molecule has 1 aliphatic rings. The molecular weight excluding hydrogens is 468 g/mol. The predicted molar refractivity (Wildman–Crippen MR) is 134 cm³/mol. The molecule has 180 valence electrons. The molecule has 1 aliphatic carbocycles. The Labute approximate surface area is 205 Å². The van der Waals surface area contributed by atoms with Crippen molar-refractivity contribution in [1.29, 1.82) is 0 Å². The molecule has 1 aromatic carbocycles. The van der Waals surface area contributed by atoms with Gasteiger partial charge in [0.15, 0.2) is 9.84 Å². The first-order valence-corrected chi connectivity index (χ1v) is 14.1. The van der Waals surface area contributed by atoms with Crippen molar-refractivity contribution in [3.8, 4) is 5.88 Å². The third-order valence-electron chi connectivity index (χ3n) is 6.30. The van der Waals surface area contributed by atoms with Crippen LogP contribution in [-0.2, 0) is 15.6 Å². The Morgan fingerprint density at radius 1 is 1.12 bits per heavy atom. The van der Waals surface area contributed by atoms with Crippen LogP contribution < -0.4 is 4.74 Å². The lowest BCUT2D eigenvalue weighted by atomic mass is 9.79. The molecule has 0 amide bonds. The molecule has 34 heavy (non-hydrogen) atoms. The minimum atomic E-state index is -3.55. The van der Waals surface area contributed by atoms with Crippen molar-refractivity contribution in [2.75, 3.05) is 20.4 Å². The Kier molecular flexibility index (Phi) is 7.85. The Morgan fingerprint density at radius 3 is 2.65 bits per heavy atom. The number of pyridine rings is 1. The summed E-state index contributed by atoms with van der Waals surface area (Å²) in [6, 6.07) is 13.8. The Hall–Kier alpha value is -2.49. The van der Waals surface area contributed by atoms with Gasteiger partial charge >= 0.3 is 0 Å². The van der Waals surface area contributed by atoms with Crippen LogP contribution in [-0.4, -0.2) is 60.8 Å². The fourth-order valence-electron chi connectivity index (χ4n) is 4.45. The van der Waals surface area contributed by atoms with E-state index in [0.29, 0.717) is 17.5 Å². The summed E-state index contributed by atoms with van der Waals surface area (Å²) in [7, 11) is 0.613. The van der Waals surface area contributed by atoms with Gasteiger partial charge in [-0.3, -0.25) is 0 Å². The summed E-state index contributed by atoms with van der Waals surface area (Å²) in [5.74, 6) is 0.740.